The molecule has 0 aromatic carbocycles. The van der Waals surface area contributed by atoms with Crippen molar-refractivity contribution >= 4 is 17.7 Å². The van der Waals surface area contributed by atoms with E-state index in [4.69, 9.17) is 16.3 Å². The summed E-state index contributed by atoms with van der Waals surface area (Å²) < 4.78 is 4.75. The molecule has 4 heteroatoms. The predicted octanol–water partition coefficient (Wildman–Crippen LogP) is 1.87. The van der Waals surface area contributed by atoms with Crippen LogP contribution in [0.1, 0.15) is 13.8 Å². The lowest BCUT2D eigenvalue weighted by Crippen LogP contribution is -2.27. The van der Waals surface area contributed by atoms with Gasteiger partial charge in [-0.1, -0.05) is 18.2 Å². The Bertz CT molecular complexity index is 157. The second-order valence-electron chi connectivity index (χ2n) is 2.32. The molecule has 0 saturated heterocycles. The smallest absolute Gasteiger partial charge is 0.407 e. The second kappa shape index (κ2) is 5.02. The average molecular weight is 178 g/mol. The fourth-order valence-electron chi connectivity index (χ4n) is 0.424. The van der Waals surface area contributed by atoms with E-state index in [0.29, 0.717) is 5.03 Å². The van der Waals surface area contributed by atoms with Gasteiger partial charge in [-0.05, 0) is 13.8 Å². The number of halogens is 1. The molecule has 0 aliphatic carbocycles. The highest BCUT2D eigenvalue weighted by atomic mass is 35.5. The number of alkyl carbamates (subject to hydrolysis) is 1. The molecular weight excluding hydrogens is 166 g/mol. The topological polar surface area (TPSA) is 38.3 Å². The van der Waals surface area contributed by atoms with Gasteiger partial charge in [0.05, 0.1) is 12.6 Å². The highest BCUT2D eigenvalue weighted by Gasteiger charge is 2.02. The summed E-state index contributed by atoms with van der Waals surface area (Å²) in [5, 5.41) is 2.80. The number of nitrogens with one attached hydrogen (secondary N) is 1. The molecule has 0 saturated carbocycles. The molecule has 3 nitrogen and oxygen atoms in total. The average Bonchev–Trinajstić information content (AvgIpc) is 1.82. The normalized spacial score (nSPS) is 9.45. The van der Waals surface area contributed by atoms with Gasteiger partial charge in [0.15, 0.2) is 0 Å². The maximum atomic E-state index is 10.7. The zero-order valence-corrected chi connectivity index (χ0v) is 7.44. The van der Waals surface area contributed by atoms with Crippen LogP contribution >= 0.6 is 11.6 Å². The molecule has 11 heavy (non-hydrogen) atoms. The SMILES string of the molecule is C=C(Cl)CNC(=O)OC(C)C. The number of hydrogen-bond acceptors (Lipinski definition) is 2. The van der Waals surface area contributed by atoms with E-state index in [-0.39, 0.29) is 12.6 Å². The fourth-order valence-corrected chi connectivity index (χ4v) is 0.491. The van der Waals surface area contributed by atoms with Gasteiger partial charge in [0.2, 0.25) is 0 Å². The minimum atomic E-state index is -0.471. The second-order valence-corrected chi connectivity index (χ2v) is 2.86. The first-order chi connectivity index (χ1) is 5.02. The first-order valence-electron chi connectivity index (χ1n) is 3.30. The molecule has 1 amide bonds. The van der Waals surface area contributed by atoms with Crippen molar-refractivity contribution in [3.8, 4) is 0 Å². The lowest BCUT2D eigenvalue weighted by molar-refractivity contribution is 0.116. The molecule has 0 fully saturated rings. The Kier molecular flexibility index (Phi) is 4.70. The van der Waals surface area contributed by atoms with Crippen LogP contribution in [0.5, 0.6) is 0 Å². The van der Waals surface area contributed by atoms with Crippen molar-refractivity contribution in [2.24, 2.45) is 0 Å². The minimum Gasteiger partial charge on any atom is -0.447 e. The summed E-state index contributed by atoms with van der Waals surface area (Å²) >= 11 is 5.39. The third-order valence-electron chi connectivity index (χ3n) is 0.767. The molecule has 0 aromatic rings. The number of carbonyl (C=O) groups is 1. The van der Waals surface area contributed by atoms with Crippen LogP contribution in [-0.2, 0) is 4.74 Å². The molecule has 1 N–H and O–H groups in total. The Morgan fingerprint density at radius 2 is 2.27 bits per heavy atom. The van der Waals surface area contributed by atoms with Crippen molar-refractivity contribution in [2.45, 2.75) is 20.0 Å². The summed E-state index contributed by atoms with van der Waals surface area (Å²) in [5.41, 5.74) is 0. The summed E-state index contributed by atoms with van der Waals surface area (Å²) in [5.74, 6) is 0. The third kappa shape index (κ3) is 7.19. The van der Waals surface area contributed by atoms with Gasteiger partial charge in [-0.25, -0.2) is 4.79 Å². The van der Waals surface area contributed by atoms with Gasteiger partial charge >= 0.3 is 6.09 Å². The van der Waals surface area contributed by atoms with E-state index in [9.17, 15) is 4.79 Å². The number of amides is 1. The first kappa shape index (κ1) is 10.3. The Morgan fingerprint density at radius 1 is 1.73 bits per heavy atom. The molecule has 0 aliphatic heterocycles. The molecular formula is C7H12ClNO2. The van der Waals surface area contributed by atoms with Crippen LogP contribution in [0.25, 0.3) is 0 Å². The van der Waals surface area contributed by atoms with Crippen molar-refractivity contribution in [3.05, 3.63) is 11.6 Å². The first-order valence-corrected chi connectivity index (χ1v) is 3.68. The monoisotopic (exact) mass is 177 g/mol. The van der Waals surface area contributed by atoms with Gasteiger partial charge in [-0.2, -0.15) is 0 Å². The molecule has 0 bridgehead atoms. The maximum Gasteiger partial charge on any atom is 0.407 e. The molecule has 0 rings (SSSR count). The predicted molar refractivity (Wildman–Crippen MR) is 44.6 cm³/mol. The van der Waals surface area contributed by atoms with Crippen LogP contribution in [0.15, 0.2) is 11.6 Å². The summed E-state index contributed by atoms with van der Waals surface area (Å²) in [6.07, 6.45) is -0.583. The lowest BCUT2D eigenvalue weighted by Gasteiger charge is -2.08. The van der Waals surface area contributed by atoms with Crippen molar-refractivity contribution in [2.75, 3.05) is 6.54 Å². The van der Waals surface area contributed by atoms with E-state index < -0.39 is 6.09 Å². The van der Waals surface area contributed by atoms with Gasteiger partial charge in [0, 0.05) is 5.03 Å². The zero-order chi connectivity index (χ0) is 8.85. The molecule has 0 aromatic heterocycles. The molecule has 64 valence electrons. The van der Waals surface area contributed by atoms with Crippen LogP contribution in [0, 0.1) is 0 Å². The van der Waals surface area contributed by atoms with Crippen LogP contribution in [-0.4, -0.2) is 18.7 Å². The summed E-state index contributed by atoms with van der Waals surface area (Å²) in [7, 11) is 0. The van der Waals surface area contributed by atoms with Crippen LogP contribution in [0.4, 0.5) is 4.79 Å². The van der Waals surface area contributed by atoms with Crippen molar-refractivity contribution in [1.29, 1.82) is 0 Å². The quantitative estimate of drug-likeness (QED) is 0.715. The van der Waals surface area contributed by atoms with Crippen molar-refractivity contribution in [3.63, 3.8) is 0 Å². The van der Waals surface area contributed by atoms with Crippen LogP contribution in [0.3, 0.4) is 0 Å². The number of ether oxygens (including phenoxy) is 1. The molecule has 0 heterocycles. The number of carbonyl (C=O) groups excluding carboxylic acids is 1. The number of rotatable bonds is 3. The lowest BCUT2D eigenvalue weighted by atomic mass is 10.5. The standard InChI is InChI=1S/C7H12ClNO2/c1-5(2)11-7(10)9-4-6(3)8/h5H,3-4H2,1-2H3,(H,9,10). The Hall–Kier alpha value is -0.700. The largest absolute Gasteiger partial charge is 0.447 e. The summed E-state index contributed by atoms with van der Waals surface area (Å²) in [6, 6.07) is 0. The van der Waals surface area contributed by atoms with Gasteiger partial charge < -0.3 is 10.1 Å². The van der Waals surface area contributed by atoms with Gasteiger partial charge in [-0.15, -0.1) is 0 Å². The zero-order valence-electron chi connectivity index (χ0n) is 6.69. The highest BCUT2D eigenvalue weighted by molar-refractivity contribution is 6.29. The summed E-state index contributed by atoms with van der Waals surface area (Å²) in [6.45, 7) is 7.19. The molecule has 0 radical (unpaired) electrons. The van der Waals surface area contributed by atoms with Gasteiger partial charge in [0.1, 0.15) is 0 Å². The van der Waals surface area contributed by atoms with E-state index >= 15 is 0 Å². The Balaban J connectivity index is 3.45. The third-order valence-corrected chi connectivity index (χ3v) is 0.901. The van der Waals surface area contributed by atoms with Gasteiger partial charge in [-0.3, -0.25) is 0 Å². The van der Waals surface area contributed by atoms with E-state index in [1.54, 1.807) is 13.8 Å². The number of hydrogen-bond donors (Lipinski definition) is 1. The fraction of sp³-hybridized carbons (Fsp3) is 0.571. The molecule has 0 spiro atoms. The minimum absolute atomic E-state index is 0.112. The highest BCUT2D eigenvalue weighted by Crippen LogP contribution is 1.94. The van der Waals surface area contributed by atoms with E-state index in [2.05, 4.69) is 11.9 Å². The Labute approximate surface area is 71.4 Å². The summed E-state index contributed by atoms with van der Waals surface area (Å²) in [4.78, 5) is 10.7. The van der Waals surface area contributed by atoms with Crippen molar-refractivity contribution < 1.29 is 9.53 Å². The van der Waals surface area contributed by atoms with Gasteiger partial charge in [0.25, 0.3) is 0 Å². The van der Waals surface area contributed by atoms with Crippen molar-refractivity contribution in [1.82, 2.24) is 5.32 Å². The molecule has 0 unspecified atom stereocenters. The Morgan fingerprint density at radius 3 is 2.64 bits per heavy atom. The van der Waals surface area contributed by atoms with E-state index in [1.807, 2.05) is 0 Å². The maximum absolute atomic E-state index is 10.7. The van der Waals surface area contributed by atoms with E-state index in [0.717, 1.165) is 0 Å². The molecule has 0 atom stereocenters. The van der Waals surface area contributed by atoms with Crippen LogP contribution < -0.4 is 5.32 Å². The molecule has 0 aliphatic rings. The van der Waals surface area contributed by atoms with Crippen LogP contribution in [0.2, 0.25) is 0 Å². The van der Waals surface area contributed by atoms with E-state index in [1.165, 1.54) is 0 Å².